The highest BCUT2D eigenvalue weighted by Gasteiger charge is 2.51. The van der Waals surface area contributed by atoms with E-state index in [-0.39, 0.29) is 6.42 Å². The standard InChI is InChI=1S/C11H16O2/c1-11(2)8-4-3-7(5-10(12)13)9(11)6-8/h3,8-9H,4-6H2,1-2H3,(H,12,13). The highest BCUT2D eigenvalue weighted by Crippen LogP contribution is 2.59. The van der Waals surface area contributed by atoms with Gasteiger partial charge in [-0.2, -0.15) is 0 Å². The lowest BCUT2D eigenvalue weighted by Gasteiger charge is -2.56. The molecule has 0 saturated heterocycles. The van der Waals surface area contributed by atoms with Crippen LogP contribution in [0, 0.1) is 17.3 Å². The SMILES string of the molecule is CC1(C)C2CC=C(CC(=O)O)C1C2. The van der Waals surface area contributed by atoms with Gasteiger partial charge < -0.3 is 5.11 Å². The van der Waals surface area contributed by atoms with Crippen LogP contribution in [0.1, 0.15) is 33.1 Å². The van der Waals surface area contributed by atoms with Crippen LogP contribution in [0.4, 0.5) is 0 Å². The van der Waals surface area contributed by atoms with Gasteiger partial charge in [-0.25, -0.2) is 0 Å². The number of aliphatic carboxylic acids is 1. The van der Waals surface area contributed by atoms with Crippen LogP contribution in [0.5, 0.6) is 0 Å². The Bertz CT molecular complexity index is 276. The number of hydrogen-bond donors (Lipinski definition) is 1. The van der Waals surface area contributed by atoms with Crippen LogP contribution >= 0.6 is 0 Å². The molecule has 0 aromatic rings. The van der Waals surface area contributed by atoms with Crippen LogP contribution in [-0.2, 0) is 4.79 Å². The molecule has 0 amide bonds. The molecule has 0 radical (unpaired) electrons. The summed E-state index contributed by atoms with van der Waals surface area (Å²) in [6, 6.07) is 0. The molecular formula is C11H16O2. The van der Waals surface area contributed by atoms with Gasteiger partial charge >= 0.3 is 5.97 Å². The molecule has 3 aliphatic carbocycles. The summed E-state index contributed by atoms with van der Waals surface area (Å²) in [5.74, 6) is 0.657. The Labute approximate surface area is 78.6 Å². The second-order valence-electron chi connectivity index (χ2n) is 4.89. The molecule has 1 fully saturated rings. The molecule has 3 aliphatic rings. The van der Waals surface area contributed by atoms with Crippen LogP contribution in [0.25, 0.3) is 0 Å². The molecule has 13 heavy (non-hydrogen) atoms. The van der Waals surface area contributed by atoms with Crippen LogP contribution in [0.2, 0.25) is 0 Å². The normalized spacial score (nSPS) is 34.8. The Morgan fingerprint density at radius 2 is 2.38 bits per heavy atom. The van der Waals surface area contributed by atoms with Crippen molar-refractivity contribution in [3.05, 3.63) is 11.6 Å². The summed E-state index contributed by atoms with van der Waals surface area (Å²) in [5, 5.41) is 8.73. The van der Waals surface area contributed by atoms with Gasteiger partial charge in [-0.15, -0.1) is 0 Å². The summed E-state index contributed by atoms with van der Waals surface area (Å²) in [7, 11) is 0. The lowest BCUT2D eigenvalue weighted by atomic mass is 9.48. The number of carbonyl (C=O) groups is 1. The van der Waals surface area contributed by atoms with Gasteiger partial charge in [-0.05, 0) is 30.1 Å². The van der Waals surface area contributed by atoms with Crippen molar-refractivity contribution in [2.75, 3.05) is 0 Å². The van der Waals surface area contributed by atoms with Gasteiger partial charge in [0, 0.05) is 0 Å². The fraction of sp³-hybridized carbons (Fsp3) is 0.727. The highest BCUT2D eigenvalue weighted by molar-refractivity contribution is 5.70. The number of carboxylic acids is 1. The van der Waals surface area contributed by atoms with Gasteiger partial charge in [0.2, 0.25) is 0 Å². The lowest BCUT2D eigenvalue weighted by molar-refractivity contribution is -0.136. The van der Waals surface area contributed by atoms with Crippen LogP contribution in [0.3, 0.4) is 0 Å². The zero-order valence-corrected chi connectivity index (χ0v) is 8.21. The summed E-state index contributed by atoms with van der Waals surface area (Å²) in [6.45, 7) is 4.53. The van der Waals surface area contributed by atoms with Crippen molar-refractivity contribution in [1.29, 1.82) is 0 Å². The average Bonchev–Trinajstić information content (AvgIpc) is 2.03. The Morgan fingerprint density at radius 3 is 2.85 bits per heavy atom. The second-order valence-corrected chi connectivity index (χ2v) is 4.89. The van der Waals surface area contributed by atoms with Gasteiger partial charge in [-0.1, -0.05) is 25.5 Å². The van der Waals surface area contributed by atoms with E-state index in [0.29, 0.717) is 11.3 Å². The maximum Gasteiger partial charge on any atom is 0.307 e. The molecule has 0 spiro atoms. The fourth-order valence-corrected chi connectivity index (χ4v) is 2.85. The van der Waals surface area contributed by atoms with Gasteiger partial charge in [0.05, 0.1) is 6.42 Å². The van der Waals surface area contributed by atoms with E-state index < -0.39 is 5.97 Å². The van der Waals surface area contributed by atoms with E-state index in [1.807, 2.05) is 0 Å². The van der Waals surface area contributed by atoms with E-state index in [2.05, 4.69) is 19.9 Å². The van der Waals surface area contributed by atoms with Gasteiger partial charge in [0.15, 0.2) is 0 Å². The molecule has 2 nitrogen and oxygen atoms in total. The number of carboxylic acid groups (broad SMARTS) is 1. The molecular weight excluding hydrogens is 164 g/mol. The topological polar surface area (TPSA) is 37.3 Å². The van der Waals surface area contributed by atoms with E-state index in [4.69, 9.17) is 5.11 Å². The predicted molar refractivity (Wildman–Crippen MR) is 50.3 cm³/mol. The third-order valence-corrected chi connectivity index (χ3v) is 3.94. The summed E-state index contributed by atoms with van der Waals surface area (Å²) < 4.78 is 0. The number of fused-ring (bicyclic) bond motifs is 1. The van der Waals surface area contributed by atoms with Gasteiger partial charge in [0.1, 0.15) is 0 Å². The van der Waals surface area contributed by atoms with E-state index in [1.54, 1.807) is 0 Å². The summed E-state index contributed by atoms with van der Waals surface area (Å²) in [6.07, 6.45) is 4.71. The Morgan fingerprint density at radius 1 is 1.69 bits per heavy atom. The number of rotatable bonds is 2. The Kier molecular flexibility index (Phi) is 1.76. The second kappa shape index (κ2) is 2.60. The first-order chi connectivity index (χ1) is 6.01. The molecule has 1 saturated carbocycles. The number of hydrogen-bond acceptors (Lipinski definition) is 1. The van der Waals surface area contributed by atoms with Crippen molar-refractivity contribution in [3.8, 4) is 0 Å². The van der Waals surface area contributed by atoms with Crippen molar-refractivity contribution in [2.24, 2.45) is 17.3 Å². The molecule has 0 aromatic carbocycles. The zero-order chi connectivity index (χ0) is 9.64. The third kappa shape index (κ3) is 1.19. The summed E-state index contributed by atoms with van der Waals surface area (Å²) in [4.78, 5) is 10.6. The molecule has 0 aromatic heterocycles. The van der Waals surface area contributed by atoms with Gasteiger partial charge in [-0.3, -0.25) is 4.79 Å². The molecule has 2 unspecified atom stereocenters. The van der Waals surface area contributed by atoms with Crippen LogP contribution in [-0.4, -0.2) is 11.1 Å². The smallest absolute Gasteiger partial charge is 0.307 e. The van der Waals surface area contributed by atoms with Crippen LogP contribution in [0.15, 0.2) is 11.6 Å². The first kappa shape index (κ1) is 8.79. The Balaban J connectivity index is 2.14. The largest absolute Gasteiger partial charge is 0.481 e. The van der Waals surface area contributed by atoms with Crippen LogP contribution < -0.4 is 0 Å². The first-order valence-electron chi connectivity index (χ1n) is 4.92. The van der Waals surface area contributed by atoms with Crippen molar-refractivity contribution in [1.82, 2.24) is 0 Å². The van der Waals surface area contributed by atoms with Gasteiger partial charge in [0.25, 0.3) is 0 Å². The average molecular weight is 180 g/mol. The van der Waals surface area contributed by atoms with Crippen molar-refractivity contribution < 1.29 is 9.90 Å². The first-order valence-corrected chi connectivity index (χ1v) is 4.92. The minimum atomic E-state index is -0.688. The lowest BCUT2D eigenvalue weighted by Crippen LogP contribution is -2.48. The van der Waals surface area contributed by atoms with E-state index >= 15 is 0 Å². The van der Waals surface area contributed by atoms with E-state index in [0.717, 1.165) is 12.3 Å². The monoisotopic (exact) mass is 180 g/mol. The minimum absolute atomic E-state index is 0.251. The fourth-order valence-electron chi connectivity index (χ4n) is 2.85. The molecule has 72 valence electrons. The summed E-state index contributed by atoms with van der Waals surface area (Å²) >= 11 is 0. The molecule has 2 atom stereocenters. The molecule has 3 rings (SSSR count). The zero-order valence-electron chi connectivity index (χ0n) is 8.21. The maximum atomic E-state index is 10.6. The van der Waals surface area contributed by atoms with E-state index in [1.165, 1.54) is 12.0 Å². The minimum Gasteiger partial charge on any atom is -0.481 e. The molecule has 2 heteroatoms. The van der Waals surface area contributed by atoms with Crippen molar-refractivity contribution in [3.63, 3.8) is 0 Å². The molecule has 2 bridgehead atoms. The van der Waals surface area contributed by atoms with Crippen molar-refractivity contribution in [2.45, 2.75) is 33.1 Å². The predicted octanol–water partition coefficient (Wildman–Crippen LogP) is 2.45. The van der Waals surface area contributed by atoms with E-state index in [9.17, 15) is 4.79 Å². The molecule has 1 N–H and O–H groups in total. The molecule has 0 aliphatic heterocycles. The number of allylic oxidation sites excluding steroid dienone is 1. The molecule has 0 heterocycles. The van der Waals surface area contributed by atoms with Crippen molar-refractivity contribution >= 4 is 5.97 Å². The Hall–Kier alpha value is -0.790. The summed E-state index contributed by atoms with van der Waals surface area (Å²) in [5.41, 5.74) is 1.53. The quantitative estimate of drug-likeness (QED) is 0.663. The maximum absolute atomic E-state index is 10.6. The third-order valence-electron chi connectivity index (χ3n) is 3.94. The highest BCUT2D eigenvalue weighted by atomic mass is 16.4.